The van der Waals surface area contributed by atoms with Crippen LogP contribution in [0.2, 0.25) is 0 Å². The average molecular weight is 386 g/mol. The highest BCUT2D eigenvalue weighted by Crippen LogP contribution is 2.24. The third-order valence-electron chi connectivity index (χ3n) is 5.54. The first-order valence-corrected chi connectivity index (χ1v) is 10.2. The van der Waals surface area contributed by atoms with Gasteiger partial charge in [0.05, 0.1) is 6.42 Å². The van der Waals surface area contributed by atoms with Gasteiger partial charge in [-0.1, -0.05) is 62.4 Å². The van der Waals surface area contributed by atoms with Crippen molar-refractivity contribution in [3.63, 3.8) is 0 Å². The van der Waals surface area contributed by atoms with Gasteiger partial charge in [-0.25, -0.2) is 0 Å². The Morgan fingerprint density at radius 2 is 1.79 bits per heavy atom. The monoisotopic (exact) mass is 386 g/mol. The Morgan fingerprint density at radius 3 is 2.62 bits per heavy atom. The highest BCUT2D eigenvalue weighted by atomic mass is 16.2. The van der Waals surface area contributed by atoms with Crippen LogP contribution in [0.15, 0.2) is 60.7 Å². The van der Waals surface area contributed by atoms with E-state index in [1.54, 1.807) is 0 Å². The van der Waals surface area contributed by atoms with Gasteiger partial charge in [-0.3, -0.25) is 9.59 Å². The summed E-state index contributed by atoms with van der Waals surface area (Å²) in [6, 6.07) is 20.2. The van der Waals surface area contributed by atoms with E-state index in [2.05, 4.69) is 29.6 Å². The van der Waals surface area contributed by atoms with Crippen LogP contribution in [-0.4, -0.2) is 23.3 Å². The number of fused-ring (bicyclic) bond motifs is 2. The molecule has 3 aromatic carbocycles. The smallest absolute Gasteiger partial charge is 0.228 e. The van der Waals surface area contributed by atoms with Crippen LogP contribution in [-0.2, 0) is 29.0 Å². The second-order valence-electron chi connectivity index (χ2n) is 8.01. The number of amides is 2. The Labute approximate surface area is 171 Å². The normalized spacial score (nSPS) is 13.4. The highest BCUT2D eigenvalue weighted by molar-refractivity contribution is 5.96. The molecule has 0 aromatic heterocycles. The maximum atomic E-state index is 12.7. The van der Waals surface area contributed by atoms with Gasteiger partial charge in [-0.2, -0.15) is 0 Å². The molecule has 4 heteroatoms. The fraction of sp³-hybridized carbons (Fsp3) is 0.280. The largest absolute Gasteiger partial charge is 0.338 e. The number of hydrogen-bond donors (Lipinski definition) is 1. The Morgan fingerprint density at radius 1 is 1.00 bits per heavy atom. The number of nitrogens with zero attached hydrogens (tertiary/aromatic N) is 1. The number of carbonyl (C=O) groups excluding carboxylic acids is 2. The van der Waals surface area contributed by atoms with Gasteiger partial charge in [0.25, 0.3) is 0 Å². The summed E-state index contributed by atoms with van der Waals surface area (Å²) >= 11 is 0. The molecule has 0 spiro atoms. The van der Waals surface area contributed by atoms with E-state index in [0.717, 1.165) is 40.6 Å². The van der Waals surface area contributed by atoms with E-state index >= 15 is 0 Å². The minimum Gasteiger partial charge on any atom is -0.338 e. The molecule has 0 aliphatic carbocycles. The molecule has 0 saturated heterocycles. The first kappa shape index (κ1) is 19.2. The molecule has 4 rings (SSSR count). The van der Waals surface area contributed by atoms with Crippen molar-refractivity contribution in [2.75, 3.05) is 11.9 Å². The van der Waals surface area contributed by atoms with Gasteiger partial charge in [-0.15, -0.1) is 0 Å². The summed E-state index contributed by atoms with van der Waals surface area (Å²) < 4.78 is 0. The predicted molar refractivity (Wildman–Crippen MR) is 117 cm³/mol. The maximum absolute atomic E-state index is 12.7. The van der Waals surface area contributed by atoms with E-state index < -0.39 is 0 Å². The number of nitrogens with one attached hydrogen (secondary N) is 1. The summed E-state index contributed by atoms with van der Waals surface area (Å²) in [7, 11) is 0. The van der Waals surface area contributed by atoms with Crippen LogP contribution >= 0.6 is 0 Å². The van der Waals surface area contributed by atoms with Gasteiger partial charge in [-0.05, 0) is 46.0 Å². The maximum Gasteiger partial charge on any atom is 0.228 e. The summed E-state index contributed by atoms with van der Waals surface area (Å²) in [4.78, 5) is 26.9. The number of carbonyl (C=O) groups is 2. The van der Waals surface area contributed by atoms with Crippen LogP contribution in [0.5, 0.6) is 0 Å². The lowest BCUT2D eigenvalue weighted by molar-refractivity contribution is -0.135. The summed E-state index contributed by atoms with van der Waals surface area (Å²) in [5, 5.41) is 5.28. The Bertz CT molecular complexity index is 1070. The summed E-state index contributed by atoms with van der Waals surface area (Å²) in [5.41, 5.74) is 4.18. The topological polar surface area (TPSA) is 49.4 Å². The molecule has 0 bridgehead atoms. The fourth-order valence-electron chi connectivity index (χ4n) is 4.01. The molecule has 0 fully saturated rings. The third kappa shape index (κ3) is 4.16. The average Bonchev–Trinajstić information content (AvgIpc) is 2.73. The van der Waals surface area contributed by atoms with E-state index in [-0.39, 0.29) is 17.7 Å². The molecular formula is C25H26N2O2. The Balaban J connectivity index is 1.48. The van der Waals surface area contributed by atoms with Crippen molar-refractivity contribution in [3.8, 4) is 0 Å². The Kier molecular flexibility index (Phi) is 5.34. The van der Waals surface area contributed by atoms with Gasteiger partial charge in [0.1, 0.15) is 0 Å². The second kappa shape index (κ2) is 8.08. The van der Waals surface area contributed by atoms with Gasteiger partial charge in [0, 0.05) is 24.7 Å². The molecule has 0 saturated carbocycles. The zero-order valence-corrected chi connectivity index (χ0v) is 16.9. The van der Waals surface area contributed by atoms with Gasteiger partial charge in [0.2, 0.25) is 11.8 Å². The van der Waals surface area contributed by atoms with Crippen molar-refractivity contribution in [3.05, 3.63) is 77.4 Å². The number of hydrogen-bond acceptors (Lipinski definition) is 2. The van der Waals surface area contributed by atoms with E-state index in [9.17, 15) is 9.59 Å². The van der Waals surface area contributed by atoms with Crippen LogP contribution in [0.1, 0.15) is 30.5 Å². The van der Waals surface area contributed by atoms with Gasteiger partial charge < -0.3 is 10.2 Å². The number of rotatable bonds is 4. The summed E-state index contributed by atoms with van der Waals surface area (Å²) in [6.07, 6.45) is 1.19. The molecular weight excluding hydrogens is 360 g/mol. The first-order chi connectivity index (χ1) is 14.0. The third-order valence-corrected chi connectivity index (χ3v) is 5.54. The van der Waals surface area contributed by atoms with Gasteiger partial charge in [0.15, 0.2) is 0 Å². The quantitative estimate of drug-likeness (QED) is 0.714. The molecule has 148 valence electrons. The standard InChI is InChI=1S/C25H26N2O2/c1-17(2)25(29)27-13-12-18-10-11-22(14-21(18)16-27)26-24(28)15-20-8-5-7-19-6-3-4-9-23(19)20/h3-11,14,17H,12-13,15-16H2,1-2H3,(H,26,28). The van der Waals surface area contributed by atoms with Gasteiger partial charge >= 0.3 is 0 Å². The molecule has 2 amide bonds. The number of anilines is 1. The van der Waals surface area contributed by atoms with Crippen molar-refractivity contribution >= 4 is 28.3 Å². The molecule has 0 atom stereocenters. The molecule has 1 N–H and O–H groups in total. The zero-order valence-electron chi connectivity index (χ0n) is 16.9. The highest BCUT2D eigenvalue weighted by Gasteiger charge is 2.22. The van der Waals surface area contributed by atoms with Crippen molar-refractivity contribution in [1.29, 1.82) is 0 Å². The second-order valence-corrected chi connectivity index (χ2v) is 8.01. The van der Waals surface area contributed by atoms with Crippen molar-refractivity contribution in [2.24, 2.45) is 5.92 Å². The van der Waals surface area contributed by atoms with Crippen LogP contribution in [0, 0.1) is 5.92 Å². The molecule has 29 heavy (non-hydrogen) atoms. The molecule has 1 aliphatic rings. The molecule has 4 nitrogen and oxygen atoms in total. The van der Waals surface area contributed by atoms with E-state index in [4.69, 9.17) is 0 Å². The van der Waals surface area contributed by atoms with E-state index in [1.165, 1.54) is 5.56 Å². The van der Waals surface area contributed by atoms with Crippen molar-refractivity contribution in [1.82, 2.24) is 4.90 Å². The van der Waals surface area contributed by atoms with E-state index in [1.807, 2.05) is 55.1 Å². The predicted octanol–water partition coefficient (Wildman–Crippen LogP) is 4.56. The molecule has 1 heterocycles. The minimum absolute atomic E-state index is 0.000121. The lowest BCUT2D eigenvalue weighted by Crippen LogP contribution is -2.38. The fourth-order valence-corrected chi connectivity index (χ4v) is 4.01. The van der Waals surface area contributed by atoms with Crippen LogP contribution in [0.25, 0.3) is 10.8 Å². The molecule has 3 aromatic rings. The molecule has 1 aliphatic heterocycles. The number of benzene rings is 3. The minimum atomic E-state index is -0.0350. The van der Waals surface area contributed by atoms with Crippen LogP contribution in [0.4, 0.5) is 5.69 Å². The summed E-state index contributed by atoms with van der Waals surface area (Å²) in [5.74, 6) is 0.147. The van der Waals surface area contributed by atoms with Crippen LogP contribution < -0.4 is 5.32 Å². The SMILES string of the molecule is CC(C)C(=O)N1CCc2ccc(NC(=O)Cc3cccc4ccccc34)cc2C1. The van der Waals surface area contributed by atoms with E-state index in [0.29, 0.717) is 13.0 Å². The lowest BCUT2D eigenvalue weighted by atomic mass is 9.98. The Hall–Kier alpha value is -3.14. The van der Waals surface area contributed by atoms with Crippen molar-refractivity contribution < 1.29 is 9.59 Å². The molecule has 0 unspecified atom stereocenters. The molecule has 0 radical (unpaired) electrons. The summed E-state index contributed by atoms with van der Waals surface area (Å²) in [6.45, 7) is 5.24. The van der Waals surface area contributed by atoms with Crippen LogP contribution in [0.3, 0.4) is 0 Å². The lowest BCUT2D eigenvalue weighted by Gasteiger charge is -2.30. The van der Waals surface area contributed by atoms with Crippen molar-refractivity contribution in [2.45, 2.75) is 33.2 Å². The zero-order chi connectivity index (χ0) is 20.4. The first-order valence-electron chi connectivity index (χ1n) is 10.2.